The summed E-state index contributed by atoms with van der Waals surface area (Å²) >= 11 is 0. The molecule has 3 heterocycles. The highest BCUT2D eigenvalue weighted by Gasteiger charge is 2.32. The number of aliphatic hydroxyl groups is 1. The quantitative estimate of drug-likeness (QED) is 0.765. The lowest BCUT2D eigenvalue weighted by molar-refractivity contribution is 0.140. The molecule has 0 spiro atoms. The van der Waals surface area contributed by atoms with Gasteiger partial charge in [-0.15, -0.1) is 10.2 Å². The van der Waals surface area contributed by atoms with Gasteiger partial charge in [0, 0.05) is 36.1 Å². The molecule has 3 aromatic rings. The minimum atomic E-state index is -0.335. The van der Waals surface area contributed by atoms with Crippen molar-refractivity contribution < 1.29 is 5.11 Å². The number of rotatable bonds is 5. The van der Waals surface area contributed by atoms with Gasteiger partial charge >= 0.3 is 0 Å². The van der Waals surface area contributed by atoms with E-state index < -0.39 is 0 Å². The van der Waals surface area contributed by atoms with Gasteiger partial charge in [0.2, 0.25) is 0 Å². The molecular formula is C20H25N5O. The highest BCUT2D eigenvalue weighted by Crippen LogP contribution is 2.23. The third-order valence-corrected chi connectivity index (χ3v) is 5.18. The maximum Gasteiger partial charge on any atom is 0.147 e. The average Bonchev–Trinajstić information content (AvgIpc) is 3.22. The normalized spacial score (nSPS) is 21.1. The second kappa shape index (κ2) is 7.13. The van der Waals surface area contributed by atoms with Gasteiger partial charge in [0.25, 0.3) is 0 Å². The standard InChI is InChI=1S/C20H25N5O/c1-14(2)25-13-21-23-20(25)12-24-10-16(19(26)11-24)9-17-8-7-15-5-3-4-6-18(15)22-17/h3-8,13-14,16,19,26H,9-12H2,1-2H3/t16-,19-/m1/s1. The lowest BCUT2D eigenvalue weighted by Gasteiger charge is -2.17. The number of likely N-dealkylation sites (tertiary alicyclic amines) is 1. The van der Waals surface area contributed by atoms with E-state index in [0.717, 1.165) is 41.9 Å². The molecule has 2 atom stereocenters. The summed E-state index contributed by atoms with van der Waals surface area (Å²) in [7, 11) is 0. The first kappa shape index (κ1) is 17.1. The molecule has 0 bridgehead atoms. The fourth-order valence-electron chi connectivity index (χ4n) is 3.77. The molecule has 1 aliphatic rings. The highest BCUT2D eigenvalue weighted by atomic mass is 16.3. The van der Waals surface area contributed by atoms with Crippen molar-refractivity contribution in [3.63, 3.8) is 0 Å². The molecule has 136 valence electrons. The molecule has 0 saturated carbocycles. The zero-order valence-electron chi connectivity index (χ0n) is 15.3. The topological polar surface area (TPSA) is 67.1 Å². The molecule has 0 unspecified atom stereocenters. The Morgan fingerprint density at radius 3 is 2.85 bits per heavy atom. The number of nitrogens with zero attached hydrogens (tertiary/aromatic N) is 5. The predicted molar refractivity (Wildman–Crippen MR) is 101 cm³/mol. The first-order valence-corrected chi connectivity index (χ1v) is 9.23. The molecule has 0 amide bonds. The minimum Gasteiger partial charge on any atom is -0.391 e. The van der Waals surface area contributed by atoms with E-state index in [9.17, 15) is 5.11 Å². The fraction of sp³-hybridized carbons (Fsp3) is 0.450. The Morgan fingerprint density at radius 1 is 1.15 bits per heavy atom. The Labute approximate surface area is 153 Å². The Kier molecular flexibility index (Phi) is 4.70. The second-order valence-electron chi connectivity index (χ2n) is 7.47. The molecule has 0 radical (unpaired) electrons. The average molecular weight is 351 g/mol. The number of fused-ring (bicyclic) bond motifs is 1. The van der Waals surface area contributed by atoms with Crippen molar-refractivity contribution in [3.05, 3.63) is 54.2 Å². The van der Waals surface area contributed by atoms with Crippen LogP contribution in [-0.2, 0) is 13.0 Å². The zero-order chi connectivity index (χ0) is 18.1. The SMILES string of the molecule is CC(C)n1cnnc1CN1C[C@@H](Cc2ccc3ccccc3n2)[C@H](O)C1. The fourth-order valence-corrected chi connectivity index (χ4v) is 3.77. The monoisotopic (exact) mass is 351 g/mol. The Bertz CT molecular complexity index is 891. The van der Waals surface area contributed by atoms with Crippen LogP contribution in [0.5, 0.6) is 0 Å². The number of hydrogen-bond acceptors (Lipinski definition) is 5. The number of pyridine rings is 1. The number of aliphatic hydroxyl groups excluding tert-OH is 1. The van der Waals surface area contributed by atoms with E-state index in [4.69, 9.17) is 4.98 Å². The molecule has 1 N–H and O–H groups in total. The highest BCUT2D eigenvalue weighted by molar-refractivity contribution is 5.78. The van der Waals surface area contributed by atoms with E-state index >= 15 is 0 Å². The van der Waals surface area contributed by atoms with Gasteiger partial charge in [0.05, 0.1) is 18.2 Å². The van der Waals surface area contributed by atoms with E-state index in [0.29, 0.717) is 12.6 Å². The molecule has 1 fully saturated rings. The minimum absolute atomic E-state index is 0.194. The number of benzene rings is 1. The van der Waals surface area contributed by atoms with Crippen LogP contribution in [-0.4, -0.2) is 48.9 Å². The molecule has 1 aromatic carbocycles. The third-order valence-electron chi connectivity index (χ3n) is 5.18. The van der Waals surface area contributed by atoms with Crippen molar-refractivity contribution in [2.45, 2.75) is 39.0 Å². The molecule has 4 rings (SSSR count). The number of para-hydroxylation sites is 1. The predicted octanol–water partition coefficient (Wildman–Crippen LogP) is 2.44. The van der Waals surface area contributed by atoms with Gasteiger partial charge in [0.1, 0.15) is 12.2 Å². The number of aromatic nitrogens is 4. The maximum atomic E-state index is 10.5. The van der Waals surface area contributed by atoms with Crippen LogP contribution < -0.4 is 0 Å². The van der Waals surface area contributed by atoms with E-state index in [-0.39, 0.29) is 12.0 Å². The molecule has 1 aliphatic heterocycles. The van der Waals surface area contributed by atoms with Gasteiger partial charge in [-0.25, -0.2) is 0 Å². The first-order valence-electron chi connectivity index (χ1n) is 9.23. The van der Waals surface area contributed by atoms with Crippen LogP contribution in [0.4, 0.5) is 0 Å². The van der Waals surface area contributed by atoms with Crippen molar-refractivity contribution in [2.24, 2.45) is 5.92 Å². The van der Waals surface area contributed by atoms with E-state index in [1.54, 1.807) is 6.33 Å². The summed E-state index contributed by atoms with van der Waals surface area (Å²) in [5, 5.41) is 20.0. The summed E-state index contributed by atoms with van der Waals surface area (Å²) in [6.07, 6.45) is 2.24. The van der Waals surface area contributed by atoms with Gasteiger partial charge in [-0.3, -0.25) is 9.88 Å². The van der Waals surface area contributed by atoms with Gasteiger partial charge in [0.15, 0.2) is 0 Å². The van der Waals surface area contributed by atoms with Crippen molar-refractivity contribution in [1.82, 2.24) is 24.6 Å². The van der Waals surface area contributed by atoms with E-state index in [1.165, 1.54) is 0 Å². The molecule has 2 aromatic heterocycles. The van der Waals surface area contributed by atoms with Crippen molar-refractivity contribution in [2.75, 3.05) is 13.1 Å². The summed E-state index contributed by atoms with van der Waals surface area (Å²) in [6.45, 7) is 6.49. The summed E-state index contributed by atoms with van der Waals surface area (Å²) in [5.41, 5.74) is 2.05. The lowest BCUT2D eigenvalue weighted by Crippen LogP contribution is -2.24. The lowest BCUT2D eigenvalue weighted by atomic mass is 9.99. The largest absolute Gasteiger partial charge is 0.391 e. The Balaban J connectivity index is 1.44. The molecule has 6 heteroatoms. The van der Waals surface area contributed by atoms with Gasteiger partial charge in [-0.05, 0) is 32.4 Å². The zero-order valence-corrected chi connectivity index (χ0v) is 15.3. The van der Waals surface area contributed by atoms with Crippen LogP contribution in [0, 0.1) is 5.92 Å². The number of β-amino-alcohol motifs (C(OH)–C–C–N with tert-alkyl or cyclic N) is 1. The van der Waals surface area contributed by atoms with Crippen LogP contribution in [0.3, 0.4) is 0 Å². The van der Waals surface area contributed by atoms with Crippen molar-refractivity contribution in [3.8, 4) is 0 Å². The van der Waals surface area contributed by atoms with Crippen LogP contribution in [0.2, 0.25) is 0 Å². The summed E-state index contributed by atoms with van der Waals surface area (Å²) in [6, 6.07) is 12.7. The van der Waals surface area contributed by atoms with Crippen LogP contribution in [0.15, 0.2) is 42.7 Å². The summed E-state index contributed by atoms with van der Waals surface area (Å²) < 4.78 is 2.09. The third kappa shape index (κ3) is 3.48. The molecule has 1 saturated heterocycles. The molecule has 6 nitrogen and oxygen atoms in total. The van der Waals surface area contributed by atoms with Crippen LogP contribution >= 0.6 is 0 Å². The maximum absolute atomic E-state index is 10.5. The smallest absolute Gasteiger partial charge is 0.147 e. The molecule has 26 heavy (non-hydrogen) atoms. The van der Waals surface area contributed by atoms with Crippen molar-refractivity contribution >= 4 is 10.9 Å². The van der Waals surface area contributed by atoms with Crippen LogP contribution in [0.25, 0.3) is 10.9 Å². The van der Waals surface area contributed by atoms with Crippen molar-refractivity contribution in [1.29, 1.82) is 0 Å². The van der Waals surface area contributed by atoms with E-state index in [1.807, 2.05) is 18.2 Å². The van der Waals surface area contributed by atoms with Gasteiger partial charge in [-0.1, -0.05) is 24.3 Å². The Hall–Kier alpha value is -2.31. The molecule has 0 aliphatic carbocycles. The van der Waals surface area contributed by atoms with Crippen LogP contribution in [0.1, 0.15) is 31.4 Å². The first-order chi connectivity index (χ1) is 12.6. The van der Waals surface area contributed by atoms with Gasteiger partial charge in [-0.2, -0.15) is 0 Å². The second-order valence-corrected chi connectivity index (χ2v) is 7.47. The van der Waals surface area contributed by atoms with Gasteiger partial charge < -0.3 is 9.67 Å². The van der Waals surface area contributed by atoms with E-state index in [2.05, 4.69) is 51.7 Å². The Morgan fingerprint density at radius 2 is 2.00 bits per heavy atom. The summed E-state index contributed by atoms with van der Waals surface area (Å²) in [5.74, 6) is 1.15. The summed E-state index contributed by atoms with van der Waals surface area (Å²) in [4.78, 5) is 7.02. The number of hydrogen-bond donors (Lipinski definition) is 1. The molecular weight excluding hydrogens is 326 g/mol.